The van der Waals surface area contributed by atoms with Crippen molar-refractivity contribution >= 4 is 12.0 Å². The molecule has 0 atom stereocenters. The Morgan fingerprint density at radius 2 is 2.50 bits per heavy atom. The third kappa shape index (κ3) is 1.03. The minimum Gasteiger partial charge on any atom is -0.293 e. The van der Waals surface area contributed by atoms with Gasteiger partial charge in [0.05, 0.1) is 6.21 Å². The third-order valence-corrected chi connectivity index (χ3v) is 1.01. The van der Waals surface area contributed by atoms with Crippen molar-refractivity contribution < 1.29 is 4.79 Å². The molecule has 0 aliphatic carbocycles. The summed E-state index contributed by atoms with van der Waals surface area (Å²) in [6, 6.07) is 0. The fourth-order valence-corrected chi connectivity index (χ4v) is 0.528. The number of aliphatic imine (C=N–C) groups is 1. The minimum absolute atomic E-state index is 0.0931. The standard InChI is InChI=1S/C6H7NO/c1-5-2-3-6(8)4-7-5/h2,4H,3H2,1H3. The number of carbonyl (C=O) groups excluding carboxylic acids is 1. The molecule has 0 amide bonds. The van der Waals surface area contributed by atoms with Crippen LogP contribution in [0.2, 0.25) is 0 Å². The van der Waals surface area contributed by atoms with Gasteiger partial charge in [0.2, 0.25) is 0 Å². The maximum absolute atomic E-state index is 10.4. The topological polar surface area (TPSA) is 29.4 Å². The van der Waals surface area contributed by atoms with E-state index < -0.39 is 0 Å². The van der Waals surface area contributed by atoms with E-state index in [4.69, 9.17) is 0 Å². The lowest BCUT2D eigenvalue weighted by Crippen LogP contribution is -2.00. The molecule has 0 aromatic heterocycles. The highest BCUT2D eigenvalue weighted by atomic mass is 16.1. The van der Waals surface area contributed by atoms with E-state index in [-0.39, 0.29) is 5.78 Å². The molecule has 1 aliphatic heterocycles. The second-order valence-corrected chi connectivity index (χ2v) is 1.77. The molecule has 0 fully saturated rings. The van der Waals surface area contributed by atoms with Crippen LogP contribution in [0.25, 0.3) is 0 Å². The molecule has 0 unspecified atom stereocenters. The molecule has 8 heavy (non-hydrogen) atoms. The van der Waals surface area contributed by atoms with Gasteiger partial charge in [0, 0.05) is 12.1 Å². The van der Waals surface area contributed by atoms with Crippen molar-refractivity contribution in [3.63, 3.8) is 0 Å². The molecule has 0 spiro atoms. The molecule has 0 aromatic carbocycles. The van der Waals surface area contributed by atoms with Crippen molar-refractivity contribution in [3.05, 3.63) is 11.8 Å². The average molecular weight is 109 g/mol. The Balaban J connectivity index is 2.71. The van der Waals surface area contributed by atoms with E-state index in [1.54, 1.807) is 0 Å². The lowest BCUT2D eigenvalue weighted by atomic mass is 10.2. The van der Waals surface area contributed by atoms with Crippen LogP contribution in [0.4, 0.5) is 0 Å². The van der Waals surface area contributed by atoms with Crippen LogP contribution in [0.5, 0.6) is 0 Å². The molecule has 42 valence electrons. The Morgan fingerprint density at radius 3 is 2.88 bits per heavy atom. The first-order valence-electron chi connectivity index (χ1n) is 2.53. The van der Waals surface area contributed by atoms with E-state index in [0.717, 1.165) is 5.70 Å². The molecule has 0 N–H and O–H groups in total. The SMILES string of the molecule is CC1=CCC(=O)C=N1. The van der Waals surface area contributed by atoms with Crippen LogP contribution >= 0.6 is 0 Å². The molecule has 0 bridgehead atoms. The lowest BCUT2D eigenvalue weighted by molar-refractivity contribution is -0.111. The highest BCUT2D eigenvalue weighted by Crippen LogP contribution is 2.01. The smallest absolute Gasteiger partial charge is 0.177 e. The predicted molar refractivity (Wildman–Crippen MR) is 31.9 cm³/mol. The zero-order chi connectivity index (χ0) is 5.98. The number of hydrogen-bond acceptors (Lipinski definition) is 2. The highest BCUT2D eigenvalue weighted by Gasteiger charge is 1.98. The van der Waals surface area contributed by atoms with Crippen molar-refractivity contribution in [1.82, 2.24) is 0 Å². The fourth-order valence-electron chi connectivity index (χ4n) is 0.528. The van der Waals surface area contributed by atoms with Crippen molar-refractivity contribution in [2.24, 2.45) is 4.99 Å². The van der Waals surface area contributed by atoms with E-state index >= 15 is 0 Å². The zero-order valence-corrected chi connectivity index (χ0v) is 4.72. The van der Waals surface area contributed by atoms with Gasteiger partial charge in [-0.25, -0.2) is 0 Å². The second-order valence-electron chi connectivity index (χ2n) is 1.77. The van der Waals surface area contributed by atoms with Gasteiger partial charge in [0.15, 0.2) is 5.78 Å². The minimum atomic E-state index is 0.0931. The Bertz CT molecular complexity index is 165. The quantitative estimate of drug-likeness (QED) is 0.455. The summed E-state index contributed by atoms with van der Waals surface area (Å²) in [5.74, 6) is 0.0931. The number of ketones is 1. The average Bonchev–Trinajstić information content (AvgIpc) is 1.77. The first kappa shape index (κ1) is 5.22. The largest absolute Gasteiger partial charge is 0.293 e. The second kappa shape index (κ2) is 1.90. The van der Waals surface area contributed by atoms with Gasteiger partial charge in [-0.15, -0.1) is 0 Å². The van der Waals surface area contributed by atoms with Crippen LogP contribution in [0.15, 0.2) is 16.8 Å². The first-order chi connectivity index (χ1) is 3.79. The highest BCUT2D eigenvalue weighted by molar-refractivity contribution is 6.28. The molecule has 1 heterocycles. The summed E-state index contributed by atoms with van der Waals surface area (Å²) in [6.45, 7) is 1.88. The van der Waals surface area contributed by atoms with Crippen molar-refractivity contribution in [2.45, 2.75) is 13.3 Å². The Labute approximate surface area is 47.9 Å². The molecule has 2 nitrogen and oxygen atoms in total. The van der Waals surface area contributed by atoms with Gasteiger partial charge in [-0.1, -0.05) is 6.08 Å². The van der Waals surface area contributed by atoms with Gasteiger partial charge in [0.1, 0.15) is 0 Å². The molecule has 0 radical (unpaired) electrons. The van der Waals surface area contributed by atoms with Crippen LogP contribution in [0, 0.1) is 0 Å². The van der Waals surface area contributed by atoms with Crippen LogP contribution < -0.4 is 0 Å². The fraction of sp³-hybridized carbons (Fsp3) is 0.333. The van der Waals surface area contributed by atoms with Gasteiger partial charge >= 0.3 is 0 Å². The van der Waals surface area contributed by atoms with Crippen molar-refractivity contribution in [2.75, 3.05) is 0 Å². The summed E-state index contributed by atoms with van der Waals surface area (Å²) in [5.41, 5.74) is 0.935. The first-order valence-corrected chi connectivity index (χ1v) is 2.53. The summed E-state index contributed by atoms with van der Waals surface area (Å²) in [5, 5.41) is 0. The molecule has 0 saturated carbocycles. The Hall–Kier alpha value is -0.920. The zero-order valence-electron chi connectivity index (χ0n) is 4.72. The normalized spacial score (nSPS) is 18.6. The monoisotopic (exact) mass is 109 g/mol. The molecule has 1 rings (SSSR count). The van der Waals surface area contributed by atoms with Crippen LogP contribution in [-0.2, 0) is 4.79 Å². The predicted octanol–water partition coefficient (Wildman–Crippen LogP) is 0.934. The summed E-state index contributed by atoms with van der Waals surface area (Å²) >= 11 is 0. The number of hydrogen-bond donors (Lipinski definition) is 0. The molecule has 1 aliphatic rings. The Kier molecular flexibility index (Phi) is 1.24. The molecule has 2 heteroatoms. The number of rotatable bonds is 0. The van der Waals surface area contributed by atoms with Crippen molar-refractivity contribution in [1.29, 1.82) is 0 Å². The van der Waals surface area contributed by atoms with Crippen LogP contribution in [0.1, 0.15) is 13.3 Å². The summed E-state index contributed by atoms with van der Waals surface area (Å²) in [4.78, 5) is 14.2. The number of carbonyl (C=O) groups is 1. The summed E-state index contributed by atoms with van der Waals surface area (Å²) in [6.07, 6.45) is 3.72. The maximum Gasteiger partial charge on any atom is 0.177 e. The maximum atomic E-state index is 10.4. The van der Waals surface area contributed by atoms with Gasteiger partial charge in [-0.3, -0.25) is 9.79 Å². The lowest BCUT2D eigenvalue weighted by Gasteiger charge is -1.96. The summed E-state index contributed by atoms with van der Waals surface area (Å²) in [7, 11) is 0. The summed E-state index contributed by atoms with van der Waals surface area (Å²) < 4.78 is 0. The van der Waals surface area contributed by atoms with Crippen molar-refractivity contribution in [3.8, 4) is 0 Å². The third-order valence-electron chi connectivity index (χ3n) is 1.01. The van der Waals surface area contributed by atoms with Gasteiger partial charge < -0.3 is 0 Å². The Morgan fingerprint density at radius 1 is 1.75 bits per heavy atom. The molecular formula is C6H7NO. The van der Waals surface area contributed by atoms with E-state index in [1.807, 2.05) is 13.0 Å². The van der Waals surface area contributed by atoms with Gasteiger partial charge in [0.25, 0.3) is 0 Å². The number of allylic oxidation sites excluding steroid dienone is 2. The molecular weight excluding hydrogens is 102 g/mol. The van der Waals surface area contributed by atoms with E-state index in [1.165, 1.54) is 6.21 Å². The van der Waals surface area contributed by atoms with Gasteiger partial charge in [-0.2, -0.15) is 0 Å². The van der Waals surface area contributed by atoms with E-state index in [2.05, 4.69) is 4.99 Å². The van der Waals surface area contributed by atoms with E-state index in [0.29, 0.717) is 6.42 Å². The number of nitrogens with zero attached hydrogens (tertiary/aromatic N) is 1. The van der Waals surface area contributed by atoms with Gasteiger partial charge in [-0.05, 0) is 6.92 Å². The number of Topliss-reactive ketones (excluding diaryl/α,β-unsaturated/α-hetero) is 1. The molecule has 0 aromatic rings. The molecule has 0 saturated heterocycles. The van der Waals surface area contributed by atoms with Crippen LogP contribution in [-0.4, -0.2) is 12.0 Å². The van der Waals surface area contributed by atoms with E-state index in [9.17, 15) is 4.79 Å². The van der Waals surface area contributed by atoms with Crippen LogP contribution in [0.3, 0.4) is 0 Å².